The van der Waals surface area contributed by atoms with Crippen LogP contribution in [-0.4, -0.2) is 17.1 Å². The predicted octanol–water partition coefficient (Wildman–Crippen LogP) is 6.02. The predicted molar refractivity (Wildman–Crippen MR) is 138 cm³/mol. The normalized spacial score (nSPS) is 16.8. The molecule has 0 aliphatic carbocycles. The molecule has 0 spiro atoms. The van der Waals surface area contributed by atoms with Crippen molar-refractivity contribution in [2.75, 3.05) is 10.2 Å². The summed E-state index contributed by atoms with van der Waals surface area (Å²) in [6.07, 6.45) is 0.491. The first kappa shape index (κ1) is 23.6. The molecule has 1 unspecified atom stereocenters. The van der Waals surface area contributed by atoms with E-state index in [0.29, 0.717) is 27.8 Å². The first-order valence-electron chi connectivity index (χ1n) is 10.7. The van der Waals surface area contributed by atoms with Gasteiger partial charge in [0.2, 0.25) is 5.91 Å². The average molecular weight is 488 g/mol. The third-order valence-electron chi connectivity index (χ3n) is 5.49. The smallest absolute Gasteiger partial charge is 0.269 e. The van der Waals surface area contributed by atoms with Crippen molar-refractivity contribution >= 4 is 46.6 Å². The molecule has 1 N–H and O–H groups in total. The first-order chi connectivity index (χ1) is 16.4. The van der Waals surface area contributed by atoms with Gasteiger partial charge in [-0.25, -0.2) is 0 Å². The third-order valence-corrected chi connectivity index (χ3v) is 7.16. The second-order valence-corrected chi connectivity index (χ2v) is 9.61. The van der Waals surface area contributed by atoms with Gasteiger partial charge < -0.3 is 5.32 Å². The SMILES string of the molecule is Cc1ccc(CC2S/C(=C(/C#N)C(=O)Nc3ccc(C)c(Cl)c3)N(c3ccccc3)C2=O)cc1. The number of halogens is 1. The Hall–Kier alpha value is -3.53. The molecule has 1 aliphatic rings. The van der Waals surface area contributed by atoms with Gasteiger partial charge in [-0.15, -0.1) is 0 Å². The van der Waals surface area contributed by atoms with Crippen molar-refractivity contribution in [3.05, 3.63) is 105 Å². The van der Waals surface area contributed by atoms with Crippen LogP contribution in [0.2, 0.25) is 5.02 Å². The number of nitrogens with zero attached hydrogens (tertiary/aromatic N) is 2. The van der Waals surface area contributed by atoms with E-state index in [2.05, 4.69) is 5.32 Å². The van der Waals surface area contributed by atoms with Crippen molar-refractivity contribution in [3.63, 3.8) is 0 Å². The van der Waals surface area contributed by atoms with E-state index in [1.54, 1.807) is 30.3 Å². The van der Waals surface area contributed by atoms with E-state index in [4.69, 9.17) is 11.6 Å². The van der Waals surface area contributed by atoms with E-state index in [9.17, 15) is 14.9 Å². The standard InChI is InChI=1S/C27H22ClN3O2S/c1-17-8-11-19(12-9-17)14-24-26(33)31(21-6-4-3-5-7-21)27(34-24)22(16-29)25(32)30-20-13-10-18(2)23(28)15-20/h3-13,15,24H,14H2,1-2H3,(H,30,32)/b27-22-. The van der Waals surface area contributed by atoms with Crippen LogP contribution in [0.3, 0.4) is 0 Å². The summed E-state index contributed by atoms with van der Waals surface area (Å²) in [4.78, 5) is 28.1. The summed E-state index contributed by atoms with van der Waals surface area (Å²) < 4.78 is 0. The number of hydrogen-bond donors (Lipinski definition) is 1. The zero-order valence-corrected chi connectivity index (χ0v) is 20.3. The molecule has 1 atom stereocenters. The molecule has 1 saturated heterocycles. The molecule has 1 heterocycles. The molecular weight excluding hydrogens is 466 g/mol. The second kappa shape index (κ2) is 10.2. The van der Waals surface area contributed by atoms with Gasteiger partial charge >= 0.3 is 0 Å². The minimum Gasteiger partial charge on any atom is -0.321 e. The highest BCUT2D eigenvalue weighted by Crippen LogP contribution is 2.42. The number of benzene rings is 3. The number of thioether (sulfide) groups is 1. The highest BCUT2D eigenvalue weighted by Gasteiger charge is 2.40. The van der Waals surface area contributed by atoms with Crippen LogP contribution >= 0.6 is 23.4 Å². The van der Waals surface area contributed by atoms with Crippen LogP contribution < -0.4 is 10.2 Å². The van der Waals surface area contributed by atoms with Crippen molar-refractivity contribution in [3.8, 4) is 6.07 Å². The van der Waals surface area contributed by atoms with Crippen LogP contribution in [0, 0.1) is 25.2 Å². The number of nitriles is 1. The Bertz CT molecular complexity index is 1310. The Kier molecular flexibility index (Phi) is 7.06. The summed E-state index contributed by atoms with van der Waals surface area (Å²) in [5, 5.41) is 13.1. The molecule has 7 heteroatoms. The molecular formula is C27H22ClN3O2S. The van der Waals surface area contributed by atoms with Gasteiger partial charge in [-0.2, -0.15) is 5.26 Å². The van der Waals surface area contributed by atoms with Gasteiger partial charge in [-0.3, -0.25) is 14.5 Å². The number of amides is 2. The molecule has 2 amide bonds. The fraction of sp³-hybridized carbons (Fsp3) is 0.148. The summed E-state index contributed by atoms with van der Waals surface area (Å²) >= 11 is 7.43. The Morgan fingerprint density at radius 3 is 2.44 bits per heavy atom. The van der Waals surface area contributed by atoms with E-state index in [1.165, 1.54) is 16.7 Å². The number of carbonyl (C=O) groups excluding carboxylic acids is 2. The van der Waals surface area contributed by atoms with Gasteiger partial charge in [0.25, 0.3) is 5.91 Å². The number of anilines is 2. The summed E-state index contributed by atoms with van der Waals surface area (Å²) in [5.41, 5.74) is 4.00. The lowest BCUT2D eigenvalue weighted by Gasteiger charge is -2.18. The molecule has 5 nitrogen and oxygen atoms in total. The van der Waals surface area contributed by atoms with Crippen LogP contribution in [-0.2, 0) is 16.0 Å². The Morgan fingerprint density at radius 2 is 1.79 bits per heavy atom. The van der Waals surface area contributed by atoms with Crippen molar-refractivity contribution in [2.45, 2.75) is 25.5 Å². The molecule has 34 heavy (non-hydrogen) atoms. The number of aryl methyl sites for hydroxylation is 2. The lowest BCUT2D eigenvalue weighted by Crippen LogP contribution is -2.30. The zero-order chi connectivity index (χ0) is 24.2. The van der Waals surface area contributed by atoms with Crippen molar-refractivity contribution in [1.82, 2.24) is 0 Å². The Morgan fingerprint density at radius 1 is 1.09 bits per heavy atom. The van der Waals surface area contributed by atoms with Gasteiger partial charge in [-0.1, -0.05) is 77.5 Å². The number of nitrogens with one attached hydrogen (secondary N) is 1. The summed E-state index contributed by atoms with van der Waals surface area (Å²) in [6.45, 7) is 3.87. The molecule has 170 valence electrons. The summed E-state index contributed by atoms with van der Waals surface area (Å²) in [7, 11) is 0. The number of carbonyl (C=O) groups is 2. The molecule has 3 aromatic rings. The molecule has 0 bridgehead atoms. The van der Waals surface area contributed by atoms with Crippen LogP contribution in [0.4, 0.5) is 11.4 Å². The zero-order valence-electron chi connectivity index (χ0n) is 18.7. The molecule has 3 aromatic carbocycles. The van der Waals surface area contributed by atoms with Gasteiger partial charge in [0.1, 0.15) is 16.7 Å². The maximum atomic E-state index is 13.5. The highest BCUT2D eigenvalue weighted by atomic mass is 35.5. The van der Waals surface area contributed by atoms with Gasteiger partial charge in [0.15, 0.2) is 0 Å². The van der Waals surface area contributed by atoms with Crippen molar-refractivity contribution < 1.29 is 9.59 Å². The maximum Gasteiger partial charge on any atom is 0.269 e. The second-order valence-electron chi connectivity index (χ2n) is 8.02. The van der Waals surface area contributed by atoms with Crippen LogP contribution in [0.1, 0.15) is 16.7 Å². The summed E-state index contributed by atoms with van der Waals surface area (Å²) in [5.74, 6) is -0.750. The van der Waals surface area contributed by atoms with Gasteiger partial charge in [-0.05, 0) is 55.7 Å². The summed E-state index contributed by atoms with van der Waals surface area (Å²) in [6, 6.07) is 24.2. The average Bonchev–Trinajstić information content (AvgIpc) is 3.14. The minimum atomic E-state index is -0.588. The lowest BCUT2D eigenvalue weighted by molar-refractivity contribution is -0.117. The van der Waals surface area contributed by atoms with Gasteiger partial charge in [0.05, 0.1) is 5.25 Å². The van der Waals surface area contributed by atoms with E-state index in [1.807, 2.05) is 62.4 Å². The molecule has 1 aliphatic heterocycles. The largest absolute Gasteiger partial charge is 0.321 e. The van der Waals surface area contributed by atoms with Gasteiger partial charge in [0, 0.05) is 16.4 Å². The van der Waals surface area contributed by atoms with E-state index < -0.39 is 11.2 Å². The molecule has 1 fully saturated rings. The highest BCUT2D eigenvalue weighted by molar-refractivity contribution is 8.05. The topological polar surface area (TPSA) is 73.2 Å². The first-order valence-corrected chi connectivity index (χ1v) is 12.0. The Balaban J connectivity index is 1.70. The van der Waals surface area contributed by atoms with Crippen molar-refractivity contribution in [1.29, 1.82) is 5.26 Å². The monoisotopic (exact) mass is 487 g/mol. The fourth-order valence-corrected chi connectivity index (χ4v) is 5.09. The number of rotatable bonds is 5. The molecule has 4 rings (SSSR count). The van der Waals surface area contributed by atoms with E-state index >= 15 is 0 Å². The van der Waals surface area contributed by atoms with Crippen LogP contribution in [0.25, 0.3) is 0 Å². The lowest BCUT2D eigenvalue weighted by atomic mass is 10.1. The number of para-hydroxylation sites is 1. The molecule has 0 aromatic heterocycles. The van der Waals surface area contributed by atoms with Crippen LogP contribution in [0.5, 0.6) is 0 Å². The maximum absolute atomic E-state index is 13.5. The fourth-order valence-electron chi connectivity index (χ4n) is 3.60. The number of hydrogen-bond acceptors (Lipinski definition) is 4. The molecule has 0 radical (unpaired) electrons. The van der Waals surface area contributed by atoms with E-state index in [0.717, 1.165) is 16.7 Å². The minimum absolute atomic E-state index is 0.120. The van der Waals surface area contributed by atoms with E-state index in [-0.39, 0.29) is 11.5 Å². The Labute approximate surface area is 208 Å². The molecule has 0 saturated carbocycles. The van der Waals surface area contributed by atoms with Crippen LogP contribution in [0.15, 0.2) is 83.4 Å². The van der Waals surface area contributed by atoms with Crippen molar-refractivity contribution in [2.24, 2.45) is 0 Å². The third kappa shape index (κ3) is 5.01. The quantitative estimate of drug-likeness (QED) is 0.352.